The molecule has 1 aromatic rings. The highest BCUT2D eigenvalue weighted by Crippen LogP contribution is 2.28. The molecule has 13 heavy (non-hydrogen) atoms. The highest BCUT2D eigenvalue weighted by atomic mass is 35.5. The molecule has 2 rings (SSSR count). The molecule has 1 aromatic carbocycles. The molecule has 0 unspecified atom stereocenters. The van der Waals surface area contributed by atoms with E-state index in [2.05, 4.69) is 4.99 Å². The number of hydrogen-bond donors (Lipinski definition) is 1. The number of aromatic hydroxyl groups is 1. The standard InChI is InChI=1S/C9H8ClNO2/c10-7-3-1-2-6(8(7)12)9-11-4-5-13-9/h1-3,12H,4-5H2. The van der Waals surface area contributed by atoms with Gasteiger partial charge in [0.1, 0.15) is 12.4 Å². The fraction of sp³-hybridized carbons (Fsp3) is 0.222. The van der Waals surface area contributed by atoms with Crippen LogP contribution >= 0.6 is 11.6 Å². The number of hydrogen-bond acceptors (Lipinski definition) is 3. The first-order valence-corrected chi connectivity index (χ1v) is 4.32. The van der Waals surface area contributed by atoms with E-state index in [1.165, 1.54) is 0 Å². The molecule has 1 aliphatic rings. The third kappa shape index (κ3) is 1.47. The quantitative estimate of drug-likeness (QED) is 0.746. The first-order chi connectivity index (χ1) is 6.29. The Morgan fingerprint density at radius 3 is 3.00 bits per heavy atom. The van der Waals surface area contributed by atoms with Crippen LogP contribution in [0.1, 0.15) is 5.56 Å². The monoisotopic (exact) mass is 197 g/mol. The molecule has 0 aromatic heterocycles. The Morgan fingerprint density at radius 2 is 2.31 bits per heavy atom. The van der Waals surface area contributed by atoms with Crippen molar-refractivity contribution < 1.29 is 9.84 Å². The maximum Gasteiger partial charge on any atom is 0.220 e. The van der Waals surface area contributed by atoms with Crippen molar-refractivity contribution in [1.29, 1.82) is 0 Å². The molecule has 1 heterocycles. The number of nitrogens with zero attached hydrogens (tertiary/aromatic N) is 1. The molecule has 0 radical (unpaired) electrons. The van der Waals surface area contributed by atoms with E-state index >= 15 is 0 Å². The third-order valence-corrected chi connectivity index (χ3v) is 2.11. The van der Waals surface area contributed by atoms with Crippen LogP contribution in [0.15, 0.2) is 23.2 Å². The number of benzene rings is 1. The largest absolute Gasteiger partial charge is 0.506 e. The summed E-state index contributed by atoms with van der Waals surface area (Å²) >= 11 is 5.73. The Balaban J connectivity index is 2.45. The van der Waals surface area contributed by atoms with Crippen LogP contribution in [-0.4, -0.2) is 24.2 Å². The summed E-state index contributed by atoms with van der Waals surface area (Å²) in [6.07, 6.45) is 0. The van der Waals surface area contributed by atoms with E-state index in [9.17, 15) is 5.11 Å². The van der Waals surface area contributed by atoms with Gasteiger partial charge in [0.2, 0.25) is 5.90 Å². The van der Waals surface area contributed by atoms with Crippen LogP contribution in [0.3, 0.4) is 0 Å². The normalized spacial score (nSPS) is 15.3. The van der Waals surface area contributed by atoms with Crippen LogP contribution in [0.2, 0.25) is 5.02 Å². The second-order valence-electron chi connectivity index (χ2n) is 2.67. The molecular formula is C9H8ClNO2. The van der Waals surface area contributed by atoms with E-state index in [0.717, 1.165) is 0 Å². The summed E-state index contributed by atoms with van der Waals surface area (Å²) < 4.78 is 5.21. The number of para-hydroxylation sites is 1. The van der Waals surface area contributed by atoms with Gasteiger partial charge in [0.15, 0.2) is 0 Å². The predicted octanol–water partition coefficient (Wildman–Crippen LogP) is 1.82. The lowest BCUT2D eigenvalue weighted by Crippen LogP contribution is -2.01. The first kappa shape index (κ1) is 8.38. The van der Waals surface area contributed by atoms with Gasteiger partial charge in [0, 0.05) is 0 Å². The summed E-state index contributed by atoms with van der Waals surface area (Å²) in [7, 11) is 0. The van der Waals surface area contributed by atoms with Crippen LogP contribution in [0.4, 0.5) is 0 Å². The van der Waals surface area contributed by atoms with Gasteiger partial charge in [0.25, 0.3) is 0 Å². The zero-order valence-corrected chi connectivity index (χ0v) is 7.58. The topological polar surface area (TPSA) is 41.8 Å². The van der Waals surface area contributed by atoms with Crippen LogP contribution in [0.25, 0.3) is 0 Å². The summed E-state index contributed by atoms with van der Waals surface area (Å²) in [6.45, 7) is 1.21. The number of rotatable bonds is 1. The molecule has 0 atom stereocenters. The highest BCUT2D eigenvalue weighted by Gasteiger charge is 2.15. The lowest BCUT2D eigenvalue weighted by molar-refractivity contribution is 0.346. The Morgan fingerprint density at radius 1 is 1.46 bits per heavy atom. The van der Waals surface area contributed by atoms with Crippen molar-refractivity contribution in [3.63, 3.8) is 0 Å². The maximum atomic E-state index is 9.57. The summed E-state index contributed by atoms with van der Waals surface area (Å²) in [5.74, 6) is 0.504. The van der Waals surface area contributed by atoms with Crippen molar-refractivity contribution >= 4 is 17.5 Å². The Bertz CT molecular complexity index is 363. The van der Waals surface area contributed by atoms with Crippen LogP contribution in [0.5, 0.6) is 5.75 Å². The van der Waals surface area contributed by atoms with Gasteiger partial charge in [-0.25, -0.2) is 4.99 Å². The Labute approximate surface area is 80.6 Å². The highest BCUT2D eigenvalue weighted by molar-refractivity contribution is 6.32. The molecule has 1 aliphatic heterocycles. The zero-order chi connectivity index (χ0) is 9.26. The summed E-state index contributed by atoms with van der Waals surface area (Å²) in [6, 6.07) is 5.10. The van der Waals surface area contributed by atoms with Crippen molar-refractivity contribution in [3.05, 3.63) is 28.8 Å². The van der Waals surface area contributed by atoms with Gasteiger partial charge >= 0.3 is 0 Å². The lowest BCUT2D eigenvalue weighted by Gasteiger charge is -2.04. The average Bonchev–Trinajstić information content (AvgIpc) is 2.62. The van der Waals surface area contributed by atoms with E-state index in [-0.39, 0.29) is 5.75 Å². The average molecular weight is 198 g/mol. The minimum Gasteiger partial charge on any atom is -0.506 e. The fourth-order valence-electron chi connectivity index (χ4n) is 1.19. The van der Waals surface area contributed by atoms with Gasteiger partial charge in [-0.1, -0.05) is 17.7 Å². The van der Waals surface area contributed by atoms with Gasteiger partial charge in [-0.3, -0.25) is 0 Å². The van der Waals surface area contributed by atoms with Crippen molar-refractivity contribution in [2.75, 3.05) is 13.2 Å². The van der Waals surface area contributed by atoms with Gasteiger partial charge in [-0.15, -0.1) is 0 Å². The molecule has 0 spiro atoms. The number of ether oxygens (including phenoxy) is 1. The lowest BCUT2D eigenvalue weighted by atomic mass is 10.2. The molecule has 1 N–H and O–H groups in total. The summed E-state index contributed by atoms with van der Waals surface area (Å²) in [5.41, 5.74) is 0.560. The second-order valence-corrected chi connectivity index (χ2v) is 3.08. The van der Waals surface area contributed by atoms with Crippen LogP contribution in [-0.2, 0) is 4.74 Å². The molecule has 0 aliphatic carbocycles. The molecule has 0 fully saturated rings. The minimum atomic E-state index is 0.0322. The van der Waals surface area contributed by atoms with Gasteiger partial charge in [0.05, 0.1) is 17.1 Å². The first-order valence-electron chi connectivity index (χ1n) is 3.94. The SMILES string of the molecule is Oc1c(Cl)cccc1C1=NCCO1. The third-order valence-electron chi connectivity index (χ3n) is 1.80. The van der Waals surface area contributed by atoms with Crippen molar-refractivity contribution in [1.82, 2.24) is 0 Å². The number of phenolic OH excluding ortho intramolecular Hbond substituents is 1. The smallest absolute Gasteiger partial charge is 0.220 e. The molecule has 0 bridgehead atoms. The maximum absolute atomic E-state index is 9.57. The van der Waals surface area contributed by atoms with Gasteiger partial charge in [-0.2, -0.15) is 0 Å². The Kier molecular flexibility index (Phi) is 2.10. The van der Waals surface area contributed by atoms with Gasteiger partial charge in [-0.05, 0) is 12.1 Å². The molecular weight excluding hydrogens is 190 g/mol. The Hall–Kier alpha value is -1.22. The zero-order valence-electron chi connectivity index (χ0n) is 6.83. The molecule has 0 saturated heterocycles. The van der Waals surface area contributed by atoms with E-state index in [0.29, 0.717) is 29.6 Å². The number of halogens is 1. The van der Waals surface area contributed by atoms with Gasteiger partial charge < -0.3 is 9.84 Å². The molecule has 0 saturated carbocycles. The van der Waals surface area contributed by atoms with Crippen LogP contribution in [0, 0.1) is 0 Å². The van der Waals surface area contributed by atoms with E-state index < -0.39 is 0 Å². The fourth-order valence-corrected chi connectivity index (χ4v) is 1.36. The second kappa shape index (κ2) is 3.26. The minimum absolute atomic E-state index is 0.0322. The van der Waals surface area contributed by atoms with Crippen molar-refractivity contribution in [2.45, 2.75) is 0 Å². The molecule has 3 nitrogen and oxygen atoms in total. The molecule has 68 valence electrons. The molecule has 4 heteroatoms. The van der Waals surface area contributed by atoms with Crippen molar-refractivity contribution in [2.24, 2.45) is 4.99 Å². The molecule has 0 amide bonds. The van der Waals surface area contributed by atoms with E-state index in [1.54, 1.807) is 18.2 Å². The van der Waals surface area contributed by atoms with E-state index in [4.69, 9.17) is 16.3 Å². The summed E-state index contributed by atoms with van der Waals surface area (Å²) in [4.78, 5) is 4.08. The summed E-state index contributed by atoms with van der Waals surface area (Å²) in [5, 5.41) is 9.88. The van der Waals surface area contributed by atoms with Crippen molar-refractivity contribution in [3.8, 4) is 5.75 Å². The van der Waals surface area contributed by atoms with E-state index in [1.807, 2.05) is 0 Å². The number of aliphatic imine (C=N–C) groups is 1. The van der Waals surface area contributed by atoms with Crippen LogP contribution < -0.4 is 0 Å². The number of phenols is 1. The predicted molar refractivity (Wildman–Crippen MR) is 50.5 cm³/mol.